The number of carbonyl (C=O) groups is 1. The van der Waals surface area contributed by atoms with Gasteiger partial charge in [-0.2, -0.15) is 0 Å². The summed E-state index contributed by atoms with van der Waals surface area (Å²) in [6.45, 7) is 1.96. The molecule has 4 rings (SSSR count). The molecule has 1 saturated heterocycles. The quantitative estimate of drug-likeness (QED) is 0.890. The van der Waals surface area contributed by atoms with Crippen molar-refractivity contribution in [1.82, 2.24) is 14.8 Å². The summed E-state index contributed by atoms with van der Waals surface area (Å²) in [7, 11) is 0. The monoisotopic (exact) mass is 331 g/mol. The van der Waals surface area contributed by atoms with Crippen molar-refractivity contribution in [2.75, 3.05) is 13.1 Å². The lowest BCUT2D eigenvalue weighted by molar-refractivity contribution is 0.00725. The topological polar surface area (TPSA) is 57.5 Å². The molecular formula is C19H29N3O2. The third kappa shape index (κ3) is 3.38. The van der Waals surface area contributed by atoms with Gasteiger partial charge >= 0.3 is 0 Å². The fraction of sp³-hybridized carbons (Fsp3) is 0.737. The molecule has 0 bridgehead atoms. The van der Waals surface area contributed by atoms with Crippen LogP contribution in [0.5, 0.6) is 0 Å². The van der Waals surface area contributed by atoms with E-state index in [1.165, 1.54) is 19.3 Å². The van der Waals surface area contributed by atoms with Gasteiger partial charge in [0, 0.05) is 37.4 Å². The highest BCUT2D eigenvalue weighted by molar-refractivity contribution is 5.93. The summed E-state index contributed by atoms with van der Waals surface area (Å²) in [5, 5.41) is 13.5. The van der Waals surface area contributed by atoms with E-state index in [-0.39, 0.29) is 18.1 Å². The molecule has 2 saturated carbocycles. The fourth-order valence-corrected chi connectivity index (χ4v) is 4.41. The molecule has 0 aromatic carbocycles. The molecule has 2 N–H and O–H groups in total. The first-order valence-corrected chi connectivity index (χ1v) is 9.62. The Bertz CT molecular complexity index is 573. The van der Waals surface area contributed by atoms with Crippen molar-refractivity contribution >= 4 is 5.91 Å². The molecule has 3 fully saturated rings. The maximum absolute atomic E-state index is 12.6. The van der Waals surface area contributed by atoms with E-state index in [1.54, 1.807) is 0 Å². The van der Waals surface area contributed by atoms with Gasteiger partial charge in [-0.1, -0.05) is 12.8 Å². The highest BCUT2D eigenvalue weighted by Gasteiger charge is 2.32. The van der Waals surface area contributed by atoms with Crippen molar-refractivity contribution in [3.8, 4) is 0 Å². The van der Waals surface area contributed by atoms with Crippen molar-refractivity contribution in [1.29, 1.82) is 0 Å². The summed E-state index contributed by atoms with van der Waals surface area (Å²) in [5.74, 6) is 0.0723. The van der Waals surface area contributed by atoms with Gasteiger partial charge < -0.3 is 15.0 Å². The van der Waals surface area contributed by atoms with E-state index in [4.69, 9.17) is 0 Å². The second-order valence-electron chi connectivity index (χ2n) is 7.73. The van der Waals surface area contributed by atoms with Crippen molar-refractivity contribution < 1.29 is 9.90 Å². The lowest BCUT2D eigenvalue weighted by Gasteiger charge is -2.41. The fourth-order valence-electron chi connectivity index (χ4n) is 4.41. The molecule has 1 amide bonds. The molecule has 1 aromatic rings. The van der Waals surface area contributed by atoms with Crippen LogP contribution in [0.15, 0.2) is 18.3 Å². The summed E-state index contributed by atoms with van der Waals surface area (Å²) in [4.78, 5) is 15.0. The number of rotatable bonds is 4. The Labute approximate surface area is 144 Å². The summed E-state index contributed by atoms with van der Waals surface area (Å²) in [6, 6.07) is 5.04. The minimum Gasteiger partial charge on any atom is -0.391 e. The molecule has 132 valence electrons. The summed E-state index contributed by atoms with van der Waals surface area (Å²) >= 11 is 0. The zero-order chi connectivity index (χ0) is 16.5. The van der Waals surface area contributed by atoms with Crippen LogP contribution in [0, 0.1) is 0 Å². The van der Waals surface area contributed by atoms with Crippen LogP contribution in [0.4, 0.5) is 0 Å². The second kappa shape index (κ2) is 6.89. The standard InChI is InChI=1S/C19H29N3O2/c23-18-6-2-1-4-16(18)21-12-9-14(10-13-21)20-19(24)17-5-3-11-22(17)15-7-8-15/h3,5,11,14-16,18,23H,1-2,4,6-10,12-13H2,(H,20,24). The molecule has 2 heterocycles. The Morgan fingerprint density at radius 2 is 1.83 bits per heavy atom. The normalized spacial score (nSPS) is 29.5. The van der Waals surface area contributed by atoms with E-state index in [9.17, 15) is 9.90 Å². The number of hydrogen-bond donors (Lipinski definition) is 2. The van der Waals surface area contributed by atoms with Crippen LogP contribution in [0.3, 0.4) is 0 Å². The molecule has 24 heavy (non-hydrogen) atoms. The maximum Gasteiger partial charge on any atom is 0.268 e. The van der Waals surface area contributed by atoms with Crippen molar-refractivity contribution in [2.45, 2.75) is 75.6 Å². The minimum atomic E-state index is -0.160. The Morgan fingerprint density at radius 1 is 1.08 bits per heavy atom. The maximum atomic E-state index is 12.6. The molecular weight excluding hydrogens is 302 g/mol. The highest BCUT2D eigenvalue weighted by atomic mass is 16.3. The van der Waals surface area contributed by atoms with Gasteiger partial charge in [0.2, 0.25) is 0 Å². The van der Waals surface area contributed by atoms with Gasteiger partial charge in [-0.3, -0.25) is 9.69 Å². The predicted molar refractivity (Wildman–Crippen MR) is 93.0 cm³/mol. The minimum absolute atomic E-state index is 0.0723. The van der Waals surface area contributed by atoms with Crippen LogP contribution in [0.2, 0.25) is 0 Å². The summed E-state index contributed by atoms with van der Waals surface area (Å²) in [5.41, 5.74) is 0.808. The van der Waals surface area contributed by atoms with Crippen LogP contribution in [0.25, 0.3) is 0 Å². The zero-order valence-electron chi connectivity index (χ0n) is 14.4. The molecule has 1 aromatic heterocycles. The van der Waals surface area contributed by atoms with E-state index >= 15 is 0 Å². The largest absolute Gasteiger partial charge is 0.391 e. The van der Waals surface area contributed by atoms with Crippen LogP contribution < -0.4 is 5.32 Å². The number of piperidine rings is 1. The molecule has 1 aliphatic heterocycles. The molecule has 2 atom stereocenters. The Kier molecular flexibility index (Phi) is 4.63. The molecule has 2 aliphatic carbocycles. The van der Waals surface area contributed by atoms with Gasteiger partial charge in [-0.05, 0) is 50.7 Å². The number of aliphatic hydroxyl groups is 1. The zero-order valence-corrected chi connectivity index (χ0v) is 14.4. The van der Waals surface area contributed by atoms with Gasteiger partial charge in [0.15, 0.2) is 0 Å². The molecule has 2 unspecified atom stereocenters. The number of carbonyl (C=O) groups excluding carboxylic acids is 1. The SMILES string of the molecule is O=C(NC1CCN(C2CCCCC2O)CC1)c1cccn1C1CC1. The van der Waals surface area contributed by atoms with E-state index in [1.807, 2.05) is 18.3 Å². The number of aliphatic hydroxyl groups excluding tert-OH is 1. The third-order valence-electron chi connectivity index (χ3n) is 5.98. The number of amides is 1. The lowest BCUT2D eigenvalue weighted by atomic mass is 9.89. The Hall–Kier alpha value is -1.33. The average Bonchev–Trinajstić information content (AvgIpc) is 3.32. The van der Waals surface area contributed by atoms with Gasteiger partial charge in [0.25, 0.3) is 5.91 Å². The van der Waals surface area contributed by atoms with E-state index in [0.29, 0.717) is 12.1 Å². The van der Waals surface area contributed by atoms with E-state index < -0.39 is 0 Å². The smallest absolute Gasteiger partial charge is 0.268 e. The first-order chi connectivity index (χ1) is 11.7. The number of likely N-dealkylation sites (tertiary alicyclic amines) is 1. The molecule has 0 spiro atoms. The Morgan fingerprint density at radius 3 is 2.54 bits per heavy atom. The summed E-state index contributed by atoms with van der Waals surface area (Å²) < 4.78 is 2.13. The Balaban J connectivity index is 1.30. The van der Waals surface area contributed by atoms with Gasteiger partial charge in [0.05, 0.1) is 6.10 Å². The molecule has 3 aliphatic rings. The number of hydrogen-bond acceptors (Lipinski definition) is 3. The lowest BCUT2D eigenvalue weighted by Crippen LogP contribution is -2.52. The van der Waals surface area contributed by atoms with Crippen LogP contribution >= 0.6 is 0 Å². The van der Waals surface area contributed by atoms with E-state index in [0.717, 1.165) is 50.9 Å². The predicted octanol–water partition coefficient (Wildman–Crippen LogP) is 2.32. The number of aromatic nitrogens is 1. The van der Waals surface area contributed by atoms with E-state index in [2.05, 4.69) is 14.8 Å². The molecule has 5 nitrogen and oxygen atoms in total. The van der Waals surface area contributed by atoms with Crippen LogP contribution in [-0.4, -0.2) is 51.8 Å². The molecule has 0 radical (unpaired) electrons. The summed E-state index contributed by atoms with van der Waals surface area (Å²) in [6.07, 6.45) is 10.7. The van der Waals surface area contributed by atoms with Crippen LogP contribution in [0.1, 0.15) is 67.9 Å². The van der Waals surface area contributed by atoms with Crippen molar-refractivity contribution in [3.63, 3.8) is 0 Å². The first-order valence-electron chi connectivity index (χ1n) is 9.62. The third-order valence-corrected chi connectivity index (χ3v) is 5.98. The second-order valence-corrected chi connectivity index (χ2v) is 7.73. The van der Waals surface area contributed by atoms with Crippen molar-refractivity contribution in [2.24, 2.45) is 0 Å². The van der Waals surface area contributed by atoms with Gasteiger partial charge in [-0.15, -0.1) is 0 Å². The van der Waals surface area contributed by atoms with Crippen LogP contribution in [-0.2, 0) is 0 Å². The van der Waals surface area contributed by atoms with Gasteiger partial charge in [-0.25, -0.2) is 0 Å². The first kappa shape index (κ1) is 16.2. The number of nitrogens with one attached hydrogen (secondary N) is 1. The average molecular weight is 331 g/mol. The van der Waals surface area contributed by atoms with Crippen molar-refractivity contribution in [3.05, 3.63) is 24.0 Å². The number of nitrogens with zero attached hydrogens (tertiary/aromatic N) is 2. The van der Waals surface area contributed by atoms with Gasteiger partial charge in [0.1, 0.15) is 5.69 Å². The highest BCUT2D eigenvalue weighted by Crippen LogP contribution is 2.36. The molecule has 5 heteroatoms.